The molecule has 1 saturated heterocycles. The van der Waals surface area contributed by atoms with Crippen LogP contribution in [0.1, 0.15) is 35.7 Å². The first-order valence-corrected chi connectivity index (χ1v) is 9.41. The summed E-state index contributed by atoms with van der Waals surface area (Å²) >= 11 is 0. The van der Waals surface area contributed by atoms with Crippen molar-refractivity contribution < 1.29 is 19.0 Å². The quantitative estimate of drug-likeness (QED) is 0.774. The minimum absolute atomic E-state index is 0.0161. The Balaban J connectivity index is 1.59. The van der Waals surface area contributed by atoms with Gasteiger partial charge < -0.3 is 19.1 Å². The third-order valence-electron chi connectivity index (χ3n) is 4.97. The highest BCUT2D eigenvalue weighted by Gasteiger charge is 2.25. The smallest absolute Gasteiger partial charge is 0.253 e. The first-order valence-electron chi connectivity index (χ1n) is 9.41. The maximum atomic E-state index is 12.8. The average molecular weight is 369 g/mol. The van der Waals surface area contributed by atoms with Crippen molar-refractivity contribution in [1.29, 1.82) is 0 Å². The van der Waals surface area contributed by atoms with Gasteiger partial charge in [0.15, 0.2) is 11.5 Å². The van der Waals surface area contributed by atoms with Crippen LogP contribution in [0.2, 0.25) is 0 Å². The van der Waals surface area contributed by atoms with Gasteiger partial charge >= 0.3 is 0 Å². The fourth-order valence-electron chi connectivity index (χ4n) is 3.36. The maximum Gasteiger partial charge on any atom is 0.253 e. The normalized spacial score (nSPS) is 14.7. The van der Waals surface area contributed by atoms with Crippen LogP contribution in [0.4, 0.5) is 0 Å². The Morgan fingerprint density at radius 1 is 1.04 bits per heavy atom. The van der Waals surface area contributed by atoms with Crippen molar-refractivity contribution in [3.05, 3.63) is 53.6 Å². The molecule has 0 atom stereocenters. The highest BCUT2D eigenvalue weighted by molar-refractivity contribution is 5.95. The van der Waals surface area contributed by atoms with Crippen molar-refractivity contribution in [1.82, 2.24) is 4.90 Å². The second kappa shape index (κ2) is 8.80. The summed E-state index contributed by atoms with van der Waals surface area (Å²) in [6.45, 7) is 3.51. The van der Waals surface area contributed by atoms with Crippen molar-refractivity contribution in [2.45, 2.75) is 32.3 Å². The lowest BCUT2D eigenvalue weighted by Gasteiger charge is -2.32. The number of hydrogen-bond donors (Lipinski definition) is 0. The van der Waals surface area contributed by atoms with Gasteiger partial charge in [0.2, 0.25) is 0 Å². The van der Waals surface area contributed by atoms with E-state index in [2.05, 4.69) is 19.1 Å². The molecule has 0 saturated carbocycles. The zero-order chi connectivity index (χ0) is 19.2. The Bertz CT molecular complexity index is 782. The summed E-state index contributed by atoms with van der Waals surface area (Å²) in [5.41, 5.74) is 1.89. The zero-order valence-electron chi connectivity index (χ0n) is 16.2. The molecule has 0 N–H and O–H groups in total. The lowest BCUT2D eigenvalue weighted by Crippen LogP contribution is -2.41. The van der Waals surface area contributed by atoms with E-state index >= 15 is 0 Å². The number of carbonyl (C=O) groups excluding carboxylic acids is 1. The SMILES string of the molecule is CCc1cccc(OC2CCN(C(=O)c3ccc(OC)c(OC)c3)CC2)c1. The number of amides is 1. The van der Waals surface area contributed by atoms with Gasteiger partial charge in [-0.3, -0.25) is 4.79 Å². The fourth-order valence-corrected chi connectivity index (χ4v) is 3.36. The van der Waals surface area contributed by atoms with Crippen LogP contribution in [0.5, 0.6) is 17.2 Å². The van der Waals surface area contributed by atoms with Gasteiger partial charge in [-0.05, 0) is 42.3 Å². The Morgan fingerprint density at radius 2 is 1.78 bits per heavy atom. The minimum atomic E-state index is 0.0161. The van der Waals surface area contributed by atoms with E-state index in [1.165, 1.54) is 5.56 Å². The van der Waals surface area contributed by atoms with E-state index in [0.29, 0.717) is 30.2 Å². The van der Waals surface area contributed by atoms with Crippen molar-refractivity contribution in [3.8, 4) is 17.2 Å². The van der Waals surface area contributed by atoms with Gasteiger partial charge in [-0.2, -0.15) is 0 Å². The van der Waals surface area contributed by atoms with Crippen LogP contribution in [0.25, 0.3) is 0 Å². The summed E-state index contributed by atoms with van der Waals surface area (Å²) in [5, 5.41) is 0. The monoisotopic (exact) mass is 369 g/mol. The molecule has 0 bridgehead atoms. The number of nitrogens with zero attached hydrogens (tertiary/aromatic N) is 1. The Hall–Kier alpha value is -2.69. The number of piperidine rings is 1. The third kappa shape index (κ3) is 4.54. The average Bonchev–Trinajstić information content (AvgIpc) is 2.73. The predicted molar refractivity (Wildman–Crippen MR) is 105 cm³/mol. The van der Waals surface area contributed by atoms with Crippen molar-refractivity contribution in [2.75, 3.05) is 27.3 Å². The lowest BCUT2D eigenvalue weighted by molar-refractivity contribution is 0.0595. The van der Waals surface area contributed by atoms with Gasteiger partial charge in [-0.1, -0.05) is 19.1 Å². The molecule has 5 nitrogen and oxygen atoms in total. The number of benzene rings is 2. The second-order valence-electron chi connectivity index (χ2n) is 6.68. The zero-order valence-corrected chi connectivity index (χ0v) is 16.2. The summed E-state index contributed by atoms with van der Waals surface area (Å²) in [4.78, 5) is 14.7. The van der Waals surface area contributed by atoms with Gasteiger partial charge in [0.05, 0.1) is 14.2 Å². The van der Waals surface area contributed by atoms with Crippen LogP contribution in [-0.2, 0) is 6.42 Å². The highest BCUT2D eigenvalue weighted by Crippen LogP contribution is 2.29. The van der Waals surface area contributed by atoms with Crippen molar-refractivity contribution in [2.24, 2.45) is 0 Å². The van der Waals surface area contributed by atoms with E-state index in [-0.39, 0.29) is 12.0 Å². The second-order valence-corrected chi connectivity index (χ2v) is 6.68. The molecule has 2 aromatic rings. The summed E-state index contributed by atoms with van der Waals surface area (Å²) < 4.78 is 16.7. The van der Waals surface area contributed by atoms with Crippen LogP contribution in [-0.4, -0.2) is 44.2 Å². The van der Waals surface area contributed by atoms with E-state index in [9.17, 15) is 4.79 Å². The fraction of sp³-hybridized carbons (Fsp3) is 0.409. The third-order valence-corrected chi connectivity index (χ3v) is 4.97. The molecule has 27 heavy (non-hydrogen) atoms. The highest BCUT2D eigenvalue weighted by atomic mass is 16.5. The molecule has 5 heteroatoms. The molecule has 0 radical (unpaired) electrons. The predicted octanol–water partition coefficient (Wildman–Crippen LogP) is 3.95. The van der Waals surface area contributed by atoms with E-state index in [0.717, 1.165) is 25.0 Å². The number of hydrogen-bond acceptors (Lipinski definition) is 4. The molecule has 1 amide bonds. The molecular formula is C22H27NO4. The molecule has 1 heterocycles. The van der Waals surface area contributed by atoms with Crippen LogP contribution in [0, 0.1) is 0 Å². The van der Waals surface area contributed by atoms with E-state index in [1.54, 1.807) is 32.4 Å². The number of aryl methyl sites for hydroxylation is 1. The summed E-state index contributed by atoms with van der Waals surface area (Å²) in [7, 11) is 3.16. The largest absolute Gasteiger partial charge is 0.493 e. The number of carbonyl (C=O) groups is 1. The van der Waals surface area contributed by atoms with E-state index in [4.69, 9.17) is 14.2 Å². The number of ether oxygens (including phenoxy) is 3. The summed E-state index contributed by atoms with van der Waals surface area (Å²) in [6, 6.07) is 13.5. The molecule has 1 aliphatic heterocycles. The molecule has 1 aliphatic rings. The summed E-state index contributed by atoms with van der Waals surface area (Å²) in [5.74, 6) is 2.12. The molecule has 0 aromatic heterocycles. The van der Waals surface area contributed by atoms with Crippen LogP contribution in [0.15, 0.2) is 42.5 Å². The molecule has 2 aromatic carbocycles. The number of rotatable bonds is 6. The Morgan fingerprint density at radius 3 is 2.44 bits per heavy atom. The van der Waals surface area contributed by atoms with Gasteiger partial charge in [-0.25, -0.2) is 0 Å². The first kappa shape index (κ1) is 19.1. The lowest BCUT2D eigenvalue weighted by atomic mass is 10.1. The van der Waals surface area contributed by atoms with Gasteiger partial charge in [0.1, 0.15) is 11.9 Å². The molecule has 3 rings (SSSR count). The van der Waals surface area contributed by atoms with Crippen molar-refractivity contribution in [3.63, 3.8) is 0 Å². The molecule has 1 fully saturated rings. The van der Waals surface area contributed by atoms with Gasteiger partial charge in [-0.15, -0.1) is 0 Å². The molecule has 144 valence electrons. The number of methoxy groups -OCH3 is 2. The van der Waals surface area contributed by atoms with Crippen LogP contribution in [0.3, 0.4) is 0 Å². The van der Waals surface area contributed by atoms with E-state index < -0.39 is 0 Å². The maximum absolute atomic E-state index is 12.8. The molecule has 0 unspecified atom stereocenters. The Kier molecular flexibility index (Phi) is 6.22. The van der Waals surface area contributed by atoms with E-state index in [1.807, 2.05) is 17.0 Å². The van der Waals surface area contributed by atoms with Crippen molar-refractivity contribution >= 4 is 5.91 Å². The summed E-state index contributed by atoms with van der Waals surface area (Å²) in [6.07, 6.45) is 2.80. The van der Waals surface area contributed by atoms with Crippen LogP contribution >= 0.6 is 0 Å². The number of likely N-dealkylation sites (tertiary alicyclic amines) is 1. The van der Waals surface area contributed by atoms with Gasteiger partial charge in [0.25, 0.3) is 5.91 Å². The standard InChI is InChI=1S/C22H27NO4/c1-4-16-6-5-7-19(14-16)27-18-10-12-23(13-11-18)22(24)17-8-9-20(25-2)21(15-17)26-3/h5-9,14-15,18H,4,10-13H2,1-3H3. The van der Waals surface area contributed by atoms with Crippen LogP contribution < -0.4 is 14.2 Å². The first-order chi connectivity index (χ1) is 13.1. The minimum Gasteiger partial charge on any atom is -0.493 e. The molecule has 0 spiro atoms. The topological polar surface area (TPSA) is 48.0 Å². The van der Waals surface area contributed by atoms with Gasteiger partial charge in [0, 0.05) is 31.5 Å². The Labute approximate surface area is 160 Å². The molecular weight excluding hydrogens is 342 g/mol. The molecule has 0 aliphatic carbocycles.